The van der Waals surface area contributed by atoms with E-state index in [0.29, 0.717) is 25.9 Å². The maximum Gasteiger partial charge on any atom is 0.240 e. The number of benzene rings is 2. The minimum atomic E-state index is -0.896. The van der Waals surface area contributed by atoms with Gasteiger partial charge >= 0.3 is 0 Å². The molecule has 1 saturated carbocycles. The predicted octanol–water partition coefficient (Wildman–Crippen LogP) is 3.76. The van der Waals surface area contributed by atoms with Crippen LogP contribution in [0.1, 0.15) is 30.9 Å². The van der Waals surface area contributed by atoms with Crippen molar-refractivity contribution in [3.05, 3.63) is 65.7 Å². The van der Waals surface area contributed by atoms with Crippen LogP contribution in [0.4, 0.5) is 5.69 Å². The summed E-state index contributed by atoms with van der Waals surface area (Å²) in [7, 11) is 0. The first-order valence-corrected chi connectivity index (χ1v) is 8.77. The summed E-state index contributed by atoms with van der Waals surface area (Å²) >= 11 is 0. The number of hydrogen-bond acceptors (Lipinski definition) is 2. The van der Waals surface area contributed by atoms with E-state index in [4.69, 9.17) is 0 Å². The highest BCUT2D eigenvalue weighted by atomic mass is 16.2. The van der Waals surface area contributed by atoms with E-state index < -0.39 is 5.41 Å². The number of amides is 2. The summed E-state index contributed by atoms with van der Waals surface area (Å²) in [5.74, 6) is -0.247. The van der Waals surface area contributed by atoms with Crippen molar-refractivity contribution in [1.29, 1.82) is 0 Å². The summed E-state index contributed by atoms with van der Waals surface area (Å²) in [5, 5.41) is 2.95. The van der Waals surface area contributed by atoms with Crippen LogP contribution in [0.2, 0.25) is 0 Å². The number of hydrogen-bond donors (Lipinski definition) is 1. The summed E-state index contributed by atoms with van der Waals surface area (Å²) in [6.07, 6.45) is 1.24. The van der Waals surface area contributed by atoms with Gasteiger partial charge in [-0.2, -0.15) is 0 Å². The van der Waals surface area contributed by atoms with E-state index in [1.807, 2.05) is 68.4 Å². The molecule has 2 aromatic rings. The average Bonchev–Trinajstić information content (AvgIpc) is 3.44. The largest absolute Gasteiger partial charge is 0.338 e. The highest BCUT2D eigenvalue weighted by molar-refractivity contribution is 6.13. The molecule has 0 aliphatic heterocycles. The number of carbonyl (C=O) groups is 2. The molecule has 0 atom stereocenters. The Balaban J connectivity index is 1.73. The molecule has 0 aromatic heterocycles. The van der Waals surface area contributed by atoms with Crippen LogP contribution in [0.25, 0.3) is 0 Å². The predicted molar refractivity (Wildman–Crippen MR) is 99.0 cm³/mol. The summed E-state index contributed by atoms with van der Waals surface area (Å²) in [4.78, 5) is 27.6. The molecule has 1 aliphatic carbocycles. The zero-order chi connectivity index (χ0) is 17.9. The van der Waals surface area contributed by atoms with Crippen molar-refractivity contribution in [3.63, 3.8) is 0 Å². The Labute approximate surface area is 148 Å². The topological polar surface area (TPSA) is 49.4 Å². The van der Waals surface area contributed by atoms with Gasteiger partial charge < -0.3 is 10.2 Å². The zero-order valence-electron chi connectivity index (χ0n) is 14.8. The van der Waals surface area contributed by atoms with Crippen molar-refractivity contribution in [1.82, 2.24) is 4.90 Å². The fourth-order valence-electron chi connectivity index (χ4n) is 3.05. The molecule has 4 nitrogen and oxygen atoms in total. The fraction of sp³-hybridized carbons (Fsp3) is 0.333. The van der Waals surface area contributed by atoms with Gasteiger partial charge in [-0.05, 0) is 43.9 Å². The number of nitrogens with zero attached hydrogens (tertiary/aromatic N) is 1. The SMILES string of the molecule is CCN(Cc1ccccc1)C(=O)C1(C(=O)Nc2ccccc2C)CC1. The van der Waals surface area contributed by atoms with Crippen LogP contribution in [0.5, 0.6) is 0 Å². The monoisotopic (exact) mass is 336 g/mol. The molecular formula is C21H24N2O2. The lowest BCUT2D eigenvalue weighted by molar-refractivity contribution is -0.142. The van der Waals surface area contributed by atoms with Crippen molar-refractivity contribution in [2.75, 3.05) is 11.9 Å². The van der Waals surface area contributed by atoms with Crippen molar-refractivity contribution >= 4 is 17.5 Å². The summed E-state index contributed by atoms with van der Waals surface area (Å²) in [6.45, 7) is 5.03. The highest BCUT2D eigenvalue weighted by Crippen LogP contribution is 2.48. The van der Waals surface area contributed by atoms with Crippen LogP contribution in [-0.4, -0.2) is 23.3 Å². The molecule has 130 valence electrons. The van der Waals surface area contributed by atoms with Crippen LogP contribution < -0.4 is 5.32 Å². The number of rotatable bonds is 6. The maximum atomic E-state index is 13.0. The van der Waals surface area contributed by atoms with Gasteiger partial charge in [0, 0.05) is 18.8 Å². The Morgan fingerprint density at radius 3 is 2.28 bits per heavy atom. The van der Waals surface area contributed by atoms with E-state index in [1.165, 1.54) is 0 Å². The lowest BCUT2D eigenvalue weighted by atomic mass is 10.0. The van der Waals surface area contributed by atoms with E-state index in [9.17, 15) is 9.59 Å². The molecule has 1 fully saturated rings. The molecular weight excluding hydrogens is 312 g/mol. The van der Waals surface area contributed by atoms with E-state index in [0.717, 1.165) is 16.8 Å². The third-order valence-corrected chi connectivity index (χ3v) is 4.87. The smallest absolute Gasteiger partial charge is 0.240 e. The van der Waals surface area contributed by atoms with E-state index in [1.54, 1.807) is 4.90 Å². The van der Waals surface area contributed by atoms with Gasteiger partial charge in [0.1, 0.15) is 5.41 Å². The molecule has 25 heavy (non-hydrogen) atoms. The molecule has 0 spiro atoms. The van der Waals surface area contributed by atoms with Gasteiger partial charge in [-0.15, -0.1) is 0 Å². The summed E-state index contributed by atoms with van der Waals surface area (Å²) in [6, 6.07) is 17.5. The Kier molecular flexibility index (Phi) is 4.88. The third kappa shape index (κ3) is 3.58. The normalized spacial score (nSPS) is 14.6. The second-order valence-corrected chi connectivity index (χ2v) is 6.66. The molecule has 0 heterocycles. The Bertz CT molecular complexity index is 766. The van der Waals surface area contributed by atoms with Crippen molar-refractivity contribution in [2.45, 2.75) is 33.2 Å². The van der Waals surface area contributed by atoms with E-state index >= 15 is 0 Å². The first-order valence-electron chi connectivity index (χ1n) is 8.77. The molecule has 0 radical (unpaired) electrons. The molecule has 4 heteroatoms. The number of anilines is 1. The van der Waals surface area contributed by atoms with Gasteiger partial charge in [0.15, 0.2) is 0 Å². The Hall–Kier alpha value is -2.62. The zero-order valence-corrected chi connectivity index (χ0v) is 14.8. The van der Waals surface area contributed by atoms with Gasteiger partial charge in [0.25, 0.3) is 0 Å². The average molecular weight is 336 g/mol. The van der Waals surface area contributed by atoms with Gasteiger partial charge in [-0.3, -0.25) is 9.59 Å². The number of carbonyl (C=O) groups excluding carboxylic acids is 2. The number of nitrogens with one attached hydrogen (secondary N) is 1. The van der Waals surface area contributed by atoms with Crippen LogP contribution in [0, 0.1) is 12.3 Å². The van der Waals surface area contributed by atoms with Crippen molar-refractivity contribution in [2.24, 2.45) is 5.41 Å². The molecule has 1 aliphatic rings. The van der Waals surface area contributed by atoms with Crippen molar-refractivity contribution < 1.29 is 9.59 Å². The van der Waals surface area contributed by atoms with E-state index in [2.05, 4.69) is 5.32 Å². The van der Waals surface area contributed by atoms with Crippen LogP contribution in [0.3, 0.4) is 0 Å². The fourth-order valence-corrected chi connectivity index (χ4v) is 3.05. The van der Waals surface area contributed by atoms with Gasteiger partial charge in [-0.1, -0.05) is 48.5 Å². The minimum Gasteiger partial charge on any atom is -0.338 e. The molecule has 1 N–H and O–H groups in total. The number of para-hydroxylation sites is 1. The standard InChI is InChI=1S/C21H24N2O2/c1-3-23(15-17-10-5-4-6-11-17)20(25)21(13-14-21)19(24)22-18-12-8-7-9-16(18)2/h4-12H,3,13-15H2,1-2H3,(H,22,24). The minimum absolute atomic E-state index is 0.0649. The van der Waals surface area contributed by atoms with E-state index in [-0.39, 0.29) is 11.8 Å². The highest BCUT2D eigenvalue weighted by Gasteiger charge is 2.57. The molecule has 3 rings (SSSR count). The van der Waals surface area contributed by atoms with Gasteiger partial charge in [0.2, 0.25) is 11.8 Å². The quantitative estimate of drug-likeness (QED) is 0.817. The van der Waals surface area contributed by atoms with Gasteiger partial charge in [-0.25, -0.2) is 0 Å². The van der Waals surface area contributed by atoms with Crippen LogP contribution >= 0.6 is 0 Å². The van der Waals surface area contributed by atoms with Gasteiger partial charge in [0.05, 0.1) is 0 Å². The molecule has 0 unspecified atom stereocenters. The summed E-state index contributed by atoms with van der Waals surface area (Å²) < 4.78 is 0. The number of aryl methyl sites for hydroxylation is 1. The third-order valence-electron chi connectivity index (χ3n) is 4.87. The second kappa shape index (κ2) is 7.09. The summed E-state index contributed by atoms with van der Waals surface area (Å²) in [5.41, 5.74) is 1.95. The van der Waals surface area contributed by atoms with Crippen molar-refractivity contribution in [3.8, 4) is 0 Å². The van der Waals surface area contributed by atoms with Crippen LogP contribution in [0.15, 0.2) is 54.6 Å². The Morgan fingerprint density at radius 1 is 1.04 bits per heavy atom. The second-order valence-electron chi connectivity index (χ2n) is 6.66. The molecule has 2 aromatic carbocycles. The lowest BCUT2D eigenvalue weighted by Gasteiger charge is -2.26. The maximum absolute atomic E-state index is 13.0. The molecule has 2 amide bonds. The first-order chi connectivity index (χ1) is 12.1. The molecule has 0 bridgehead atoms. The lowest BCUT2D eigenvalue weighted by Crippen LogP contribution is -2.42. The Morgan fingerprint density at radius 2 is 1.68 bits per heavy atom. The van der Waals surface area contributed by atoms with Crippen LogP contribution in [-0.2, 0) is 16.1 Å². The first kappa shape index (κ1) is 17.2. The molecule has 0 saturated heterocycles.